The molecule has 0 unspecified atom stereocenters. The highest BCUT2D eigenvalue weighted by atomic mass is 35.5. The molecule has 0 aliphatic heterocycles. The summed E-state index contributed by atoms with van der Waals surface area (Å²) in [5.74, 6) is 0.253. The molecule has 5 heteroatoms. The summed E-state index contributed by atoms with van der Waals surface area (Å²) in [7, 11) is 1.95. The van der Waals surface area contributed by atoms with Crippen LogP contribution in [0.1, 0.15) is 6.42 Å². The number of benzene rings is 1. The fraction of sp³-hybridized carbons (Fsp3) is 0.417. The molecule has 1 aromatic rings. The van der Waals surface area contributed by atoms with Gasteiger partial charge >= 0.3 is 5.97 Å². The van der Waals surface area contributed by atoms with Gasteiger partial charge in [0.25, 0.3) is 0 Å². The molecule has 0 heterocycles. The van der Waals surface area contributed by atoms with Crippen LogP contribution in [-0.2, 0) is 4.79 Å². The van der Waals surface area contributed by atoms with Gasteiger partial charge in [-0.15, -0.1) is 24.2 Å². The highest BCUT2D eigenvalue weighted by molar-refractivity contribution is 7.99. The summed E-state index contributed by atoms with van der Waals surface area (Å²) in [6.07, 6.45) is 0.215. The third kappa shape index (κ3) is 8.07. The molecule has 0 saturated heterocycles. The monoisotopic (exact) mass is 275 g/mol. The predicted molar refractivity (Wildman–Crippen MR) is 74.2 cm³/mol. The molecule has 1 N–H and O–H groups in total. The molecule has 0 bridgehead atoms. The Morgan fingerprint density at radius 2 is 1.94 bits per heavy atom. The first-order valence-corrected chi connectivity index (χ1v) is 6.25. The Morgan fingerprint density at radius 1 is 1.29 bits per heavy atom. The second-order valence-corrected chi connectivity index (χ2v) is 4.78. The molecule has 0 radical (unpaired) electrons. The van der Waals surface area contributed by atoms with Crippen LogP contribution in [0.15, 0.2) is 35.2 Å². The van der Waals surface area contributed by atoms with Crippen molar-refractivity contribution in [2.24, 2.45) is 0 Å². The van der Waals surface area contributed by atoms with Crippen LogP contribution < -0.4 is 0 Å². The number of thioether (sulfide) groups is 1. The Kier molecular flexibility index (Phi) is 8.94. The van der Waals surface area contributed by atoms with Gasteiger partial charge in [0.2, 0.25) is 0 Å². The lowest BCUT2D eigenvalue weighted by Crippen LogP contribution is -2.24. The minimum absolute atomic E-state index is 0. The predicted octanol–water partition coefficient (Wildman–Crippen LogP) is 2.61. The third-order valence-corrected chi connectivity index (χ3v) is 3.18. The van der Waals surface area contributed by atoms with Gasteiger partial charge in [-0.25, -0.2) is 0 Å². The Labute approximate surface area is 113 Å². The van der Waals surface area contributed by atoms with Crippen molar-refractivity contribution < 1.29 is 9.90 Å². The first kappa shape index (κ1) is 16.3. The Bertz CT molecular complexity index is 322. The molecule has 96 valence electrons. The van der Waals surface area contributed by atoms with Crippen LogP contribution in [0.4, 0.5) is 0 Å². The minimum Gasteiger partial charge on any atom is -0.481 e. The molecule has 0 aliphatic rings. The van der Waals surface area contributed by atoms with Crippen molar-refractivity contribution in [1.82, 2.24) is 4.90 Å². The third-order valence-electron chi connectivity index (χ3n) is 2.19. The Morgan fingerprint density at radius 3 is 2.53 bits per heavy atom. The largest absolute Gasteiger partial charge is 0.481 e. The number of rotatable bonds is 7. The number of aliphatic carboxylic acids is 1. The highest BCUT2D eigenvalue weighted by Crippen LogP contribution is 2.16. The van der Waals surface area contributed by atoms with Crippen LogP contribution in [0.3, 0.4) is 0 Å². The average Bonchev–Trinajstić information content (AvgIpc) is 2.28. The first-order chi connectivity index (χ1) is 7.68. The molecule has 0 fully saturated rings. The topological polar surface area (TPSA) is 40.5 Å². The quantitative estimate of drug-likeness (QED) is 0.777. The van der Waals surface area contributed by atoms with Crippen LogP contribution in [0.2, 0.25) is 0 Å². The van der Waals surface area contributed by atoms with Gasteiger partial charge in [-0.05, 0) is 19.2 Å². The molecule has 0 atom stereocenters. The van der Waals surface area contributed by atoms with Gasteiger partial charge in [-0.2, -0.15) is 0 Å². The van der Waals surface area contributed by atoms with Crippen molar-refractivity contribution in [3.8, 4) is 0 Å². The highest BCUT2D eigenvalue weighted by Gasteiger charge is 2.02. The molecule has 0 spiro atoms. The minimum atomic E-state index is -0.734. The van der Waals surface area contributed by atoms with Gasteiger partial charge in [0.15, 0.2) is 0 Å². The van der Waals surface area contributed by atoms with Gasteiger partial charge < -0.3 is 10.0 Å². The van der Waals surface area contributed by atoms with E-state index in [9.17, 15) is 4.79 Å². The van der Waals surface area contributed by atoms with Gasteiger partial charge in [-0.3, -0.25) is 4.79 Å². The summed E-state index contributed by atoms with van der Waals surface area (Å²) in [5, 5.41) is 8.53. The van der Waals surface area contributed by atoms with Gasteiger partial charge in [0.05, 0.1) is 6.42 Å². The molecular formula is C12H18ClNO2S. The fourth-order valence-corrected chi connectivity index (χ4v) is 2.22. The fourth-order valence-electron chi connectivity index (χ4n) is 1.23. The molecule has 0 amide bonds. The summed E-state index contributed by atoms with van der Waals surface area (Å²) in [4.78, 5) is 13.7. The van der Waals surface area contributed by atoms with E-state index in [0.717, 1.165) is 12.3 Å². The maximum atomic E-state index is 10.4. The van der Waals surface area contributed by atoms with Crippen molar-refractivity contribution >= 4 is 30.1 Å². The van der Waals surface area contributed by atoms with Crippen molar-refractivity contribution in [1.29, 1.82) is 0 Å². The number of hydrogen-bond donors (Lipinski definition) is 1. The summed E-state index contributed by atoms with van der Waals surface area (Å²) in [5.41, 5.74) is 0. The summed E-state index contributed by atoms with van der Waals surface area (Å²) in [6.45, 7) is 1.53. The normalized spacial score (nSPS) is 10.0. The van der Waals surface area contributed by atoms with Gasteiger partial charge in [0.1, 0.15) is 0 Å². The Balaban J connectivity index is 0.00000256. The lowest BCUT2D eigenvalue weighted by molar-refractivity contribution is -0.137. The van der Waals surface area contributed by atoms with E-state index in [4.69, 9.17) is 5.11 Å². The second-order valence-electron chi connectivity index (χ2n) is 3.61. The van der Waals surface area contributed by atoms with E-state index < -0.39 is 5.97 Å². The lowest BCUT2D eigenvalue weighted by Gasteiger charge is -2.14. The number of halogens is 1. The van der Waals surface area contributed by atoms with E-state index in [1.54, 1.807) is 11.8 Å². The smallest absolute Gasteiger partial charge is 0.304 e. The van der Waals surface area contributed by atoms with Crippen LogP contribution >= 0.6 is 24.2 Å². The summed E-state index contributed by atoms with van der Waals surface area (Å²) >= 11 is 1.79. The maximum Gasteiger partial charge on any atom is 0.304 e. The molecule has 0 aromatic heterocycles. The summed E-state index contributed by atoms with van der Waals surface area (Å²) < 4.78 is 0. The van der Waals surface area contributed by atoms with E-state index in [2.05, 4.69) is 12.1 Å². The number of hydrogen-bond acceptors (Lipinski definition) is 3. The number of nitrogens with zero attached hydrogens (tertiary/aromatic N) is 1. The molecule has 0 aliphatic carbocycles. The van der Waals surface area contributed by atoms with Crippen LogP contribution in [-0.4, -0.2) is 41.9 Å². The van der Waals surface area contributed by atoms with E-state index in [-0.39, 0.29) is 18.8 Å². The SMILES string of the molecule is CN(CCSc1ccccc1)CCC(=O)O.Cl. The number of carboxylic acids is 1. The lowest BCUT2D eigenvalue weighted by atomic mass is 10.4. The zero-order chi connectivity index (χ0) is 11.8. The van der Waals surface area contributed by atoms with E-state index in [0.29, 0.717) is 6.54 Å². The molecule has 1 rings (SSSR count). The average molecular weight is 276 g/mol. The Hall–Kier alpha value is -0.710. The maximum absolute atomic E-state index is 10.4. The summed E-state index contributed by atoms with van der Waals surface area (Å²) in [6, 6.07) is 10.2. The zero-order valence-corrected chi connectivity index (χ0v) is 11.5. The van der Waals surface area contributed by atoms with Crippen molar-refractivity contribution in [3.63, 3.8) is 0 Å². The standard InChI is InChI=1S/C12H17NO2S.ClH/c1-13(8-7-12(14)15)9-10-16-11-5-3-2-4-6-11;/h2-6H,7-10H2,1H3,(H,14,15);1H. The van der Waals surface area contributed by atoms with Crippen molar-refractivity contribution in [3.05, 3.63) is 30.3 Å². The van der Waals surface area contributed by atoms with E-state index in [1.807, 2.05) is 30.1 Å². The van der Waals surface area contributed by atoms with E-state index >= 15 is 0 Å². The van der Waals surface area contributed by atoms with Crippen LogP contribution in [0.5, 0.6) is 0 Å². The molecule has 1 aromatic carbocycles. The van der Waals surface area contributed by atoms with Crippen molar-refractivity contribution in [2.75, 3.05) is 25.9 Å². The molecule has 0 saturated carbocycles. The second kappa shape index (κ2) is 9.33. The van der Waals surface area contributed by atoms with Crippen molar-refractivity contribution in [2.45, 2.75) is 11.3 Å². The van der Waals surface area contributed by atoms with Crippen LogP contribution in [0.25, 0.3) is 0 Å². The number of carbonyl (C=O) groups is 1. The zero-order valence-electron chi connectivity index (χ0n) is 9.83. The van der Waals surface area contributed by atoms with E-state index in [1.165, 1.54) is 4.90 Å². The number of carboxylic acid groups (broad SMARTS) is 1. The van der Waals surface area contributed by atoms with Crippen LogP contribution in [0, 0.1) is 0 Å². The first-order valence-electron chi connectivity index (χ1n) is 5.26. The molecule has 3 nitrogen and oxygen atoms in total. The van der Waals surface area contributed by atoms with Gasteiger partial charge in [0, 0.05) is 23.7 Å². The molecule has 17 heavy (non-hydrogen) atoms. The molecular weight excluding hydrogens is 258 g/mol. The van der Waals surface area contributed by atoms with Gasteiger partial charge in [-0.1, -0.05) is 18.2 Å².